The number of carbonyl (C=O) groups excluding carboxylic acids is 2. The summed E-state index contributed by atoms with van der Waals surface area (Å²) in [7, 11) is 1.63. The molecular weight excluding hydrogens is 482 g/mol. The lowest BCUT2D eigenvalue weighted by atomic mass is 9.94. The van der Waals surface area contributed by atoms with Gasteiger partial charge in [0, 0.05) is 18.7 Å². The van der Waals surface area contributed by atoms with E-state index in [4.69, 9.17) is 18.8 Å². The van der Waals surface area contributed by atoms with E-state index >= 15 is 0 Å². The average molecular weight is 520 g/mol. The second-order valence-corrected chi connectivity index (χ2v) is 10.2. The highest BCUT2D eigenvalue weighted by molar-refractivity contribution is 7.95. The molecule has 0 aliphatic carbocycles. The first-order valence-corrected chi connectivity index (χ1v) is 13.1. The minimum atomic E-state index is -0.883. The van der Waals surface area contributed by atoms with Crippen molar-refractivity contribution in [2.24, 2.45) is 11.8 Å². The number of fused-ring (bicyclic) bond motifs is 1. The zero-order valence-electron chi connectivity index (χ0n) is 21.6. The summed E-state index contributed by atoms with van der Waals surface area (Å²) < 4.78 is 15.9. The number of rotatable bonds is 14. The number of carbonyl (C=O) groups is 3. The Hall–Kier alpha value is -2.94. The lowest BCUT2D eigenvalue weighted by Crippen LogP contribution is -2.33. The van der Waals surface area contributed by atoms with E-state index in [-0.39, 0.29) is 31.0 Å². The van der Waals surface area contributed by atoms with Crippen LogP contribution in [0.4, 0.5) is 4.79 Å². The highest BCUT2D eigenvalue weighted by atomic mass is 32.2. The van der Waals surface area contributed by atoms with Gasteiger partial charge in [0.2, 0.25) is 0 Å². The van der Waals surface area contributed by atoms with Crippen molar-refractivity contribution >= 4 is 40.8 Å². The summed E-state index contributed by atoms with van der Waals surface area (Å²) in [4.78, 5) is 35.6. The molecular formula is C27H37NO7S. The Morgan fingerprint density at radius 3 is 2.39 bits per heavy atom. The maximum atomic E-state index is 12.5. The van der Waals surface area contributed by atoms with Crippen LogP contribution in [-0.2, 0) is 18.5 Å². The predicted octanol–water partition coefficient (Wildman–Crippen LogP) is 5.79. The number of nitrogens with one attached hydrogen (secondary N) is 1. The number of aliphatic carboxylic acids is 1. The molecule has 3 atom stereocenters. The predicted molar refractivity (Wildman–Crippen MR) is 141 cm³/mol. The molecule has 0 saturated carbocycles. The van der Waals surface area contributed by atoms with Gasteiger partial charge in [-0.25, -0.2) is 4.79 Å². The second kappa shape index (κ2) is 14.6. The Labute approximate surface area is 217 Å². The SMILES string of the molecule is COc1ccc2cc([C@H](C)C(=O)OSCC[C@@H](C)OC(=O)NC[C@H](CC(=O)O)CC(C)C)ccc2c1. The van der Waals surface area contributed by atoms with Gasteiger partial charge in [-0.15, -0.1) is 0 Å². The molecule has 2 rings (SSSR count). The van der Waals surface area contributed by atoms with E-state index in [1.165, 1.54) is 0 Å². The van der Waals surface area contributed by atoms with Crippen molar-refractivity contribution in [3.8, 4) is 5.75 Å². The molecule has 198 valence electrons. The third-order valence-corrected chi connectivity index (χ3v) is 6.47. The van der Waals surface area contributed by atoms with Crippen molar-refractivity contribution in [3.63, 3.8) is 0 Å². The van der Waals surface area contributed by atoms with Gasteiger partial charge in [-0.3, -0.25) is 9.59 Å². The van der Waals surface area contributed by atoms with Gasteiger partial charge in [0.15, 0.2) is 0 Å². The van der Waals surface area contributed by atoms with Crippen molar-refractivity contribution in [1.82, 2.24) is 5.32 Å². The van der Waals surface area contributed by atoms with Gasteiger partial charge in [0.1, 0.15) is 11.9 Å². The maximum Gasteiger partial charge on any atom is 0.407 e. The van der Waals surface area contributed by atoms with E-state index in [9.17, 15) is 14.4 Å². The molecule has 2 N–H and O–H groups in total. The van der Waals surface area contributed by atoms with Crippen molar-refractivity contribution in [1.29, 1.82) is 0 Å². The lowest BCUT2D eigenvalue weighted by Gasteiger charge is -2.19. The fourth-order valence-corrected chi connectivity index (χ4v) is 4.60. The molecule has 0 radical (unpaired) electrons. The fraction of sp³-hybridized carbons (Fsp3) is 0.519. The van der Waals surface area contributed by atoms with Gasteiger partial charge in [0.05, 0.1) is 25.1 Å². The molecule has 0 bridgehead atoms. The molecule has 0 aliphatic heterocycles. The van der Waals surface area contributed by atoms with E-state index in [0.29, 0.717) is 24.5 Å². The Morgan fingerprint density at radius 1 is 1.03 bits per heavy atom. The molecule has 0 aromatic heterocycles. The summed E-state index contributed by atoms with van der Waals surface area (Å²) in [6.45, 7) is 7.85. The van der Waals surface area contributed by atoms with Crippen LogP contribution in [0, 0.1) is 11.8 Å². The zero-order chi connectivity index (χ0) is 26.7. The van der Waals surface area contributed by atoms with Gasteiger partial charge in [0.25, 0.3) is 0 Å². The molecule has 0 fully saturated rings. The first kappa shape index (κ1) is 29.3. The molecule has 9 heteroatoms. The first-order valence-electron chi connectivity index (χ1n) is 12.2. The van der Waals surface area contributed by atoms with Crippen molar-refractivity contribution in [2.75, 3.05) is 19.4 Å². The number of methoxy groups -OCH3 is 1. The molecule has 0 unspecified atom stereocenters. The lowest BCUT2D eigenvalue weighted by molar-refractivity contribution is -0.138. The van der Waals surface area contributed by atoms with E-state index < -0.39 is 18.0 Å². The molecule has 2 aromatic rings. The summed E-state index contributed by atoms with van der Waals surface area (Å²) in [5.74, 6) is -0.206. The Balaban J connectivity index is 1.72. The number of carboxylic acids is 1. The molecule has 8 nitrogen and oxygen atoms in total. The minimum Gasteiger partial charge on any atom is -0.497 e. The Morgan fingerprint density at radius 2 is 1.72 bits per heavy atom. The summed E-state index contributed by atoms with van der Waals surface area (Å²) in [6, 6.07) is 11.6. The van der Waals surface area contributed by atoms with Crippen molar-refractivity contribution in [3.05, 3.63) is 42.0 Å². The van der Waals surface area contributed by atoms with Crippen LogP contribution in [0.5, 0.6) is 5.75 Å². The molecule has 0 spiro atoms. The summed E-state index contributed by atoms with van der Waals surface area (Å²) in [5, 5.41) is 13.7. The van der Waals surface area contributed by atoms with Gasteiger partial charge in [-0.05, 0) is 67.0 Å². The van der Waals surface area contributed by atoms with Crippen LogP contribution in [-0.4, -0.2) is 48.6 Å². The topological polar surface area (TPSA) is 111 Å². The maximum absolute atomic E-state index is 12.5. The van der Waals surface area contributed by atoms with Crippen LogP contribution in [0.25, 0.3) is 10.8 Å². The second-order valence-electron chi connectivity index (χ2n) is 9.40. The highest BCUT2D eigenvalue weighted by Crippen LogP contribution is 2.26. The standard InChI is InChI=1S/C27H37NO7S/c1-17(2)12-20(13-25(29)30)16-28-27(32)34-18(3)10-11-36-35-26(31)19(4)21-6-7-23-15-24(33-5)9-8-22(23)14-21/h6-9,14-15,17-20H,10-13,16H2,1-5H3,(H,28,32)(H,29,30)/t18-,19+,20+/m1/s1. The number of hydrogen-bond donors (Lipinski definition) is 2. The number of amides is 1. The zero-order valence-corrected chi connectivity index (χ0v) is 22.4. The van der Waals surface area contributed by atoms with Crippen LogP contribution in [0.2, 0.25) is 0 Å². The smallest absolute Gasteiger partial charge is 0.407 e. The summed E-state index contributed by atoms with van der Waals surface area (Å²) in [5.41, 5.74) is 0.866. The minimum absolute atomic E-state index is 0.00238. The van der Waals surface area contributed by atoms with Crippen LogP contribution in [0.3, 0.4) is 0 Å². The molecule has 1 amide bonds. The van der Waals surface area contributed by atoms with Gasteiger partial charge >= 0.3 is 18.0 Å². The molecule has 0 saturated heterocycles. The van der Waals surface area contributed by atoms with Crippen molar-refractivity contribution in [2.45, 2.75) is 59.0 Å². The largest absolute Gasteiger partial charge is 0.497 e. The summed E-state index contributed by atoms with van der Waals surface area (Å²) >= 11 is 1.04. The highest BCUT2D eigenvalue weighted by Gasteiger charge is 2.19. The van der Waals surface area contributed by atoms with E-state index in [2.05, 4.69) is 5.32 Å². The third kappa shape index (κ3) is 9.97. The molecule has 2 aromatic carbocycles. The molecule has 36 heavy (non-hydrogen) atoms. The molecule has 0 aliphatic rings. The van der Waals surface area contributed by atoms with Crippen molar-refractivity contribution < 1.29 is 33.1 Å². The number of hydrogen-bond acceptors (Lipinski definition) is 7. The molecule has 0 heterocycles. The van der Waals surface area contributed by atoms with Gasteiger partial charge in [-0.2, -0.15) is 0 Å². The van der Waals surface area contributed by atoms with Crippen LogP contribution in [0.15, 0.2) is 36.4 Å². The number of ether oxygens (including phenoxy) is 2. The Kier molecular flexibility index (Phi) is 11.9. The number of alkyl carbamates (subject to hydrolysis) is 1. The monoisotopic (exact) mass is 519 g/mol. The number of carboxylic acid groups (broad SMARTS) is 1. The van der Waals surface area contributed by atoms with E-state index in [1.807, 2.05) is 50.2 Å². The van der Waals surface area contributed by atoms with E-state index in [0.717, 1.165) is 34.1 Å². The van der Waals surface area contributed by atoms with Gasteiger partial charge in [-0.1, -0.05) is 38.1 Å². The van der Waals surface area contributed by atoms with Crippen LogP contribution >= 0.6 is 12.0 Å². The fourth-order valence-electron chi connectivity index (χ4n) is 3.82. The van der Waals surface area contributed by atoms with E-state index in [1.54, 1.807) is 21.0 Å². The van der Waals surface area contributed by atoms with Gasteiger partial charge < -0.3 is 24.1 Å². The van der Waals surface area contributed by atoms with Crippen LogP contribution in [0.1, 0.15) is 58.4 Å². The quantitative estimate of drug-likeness (QED) is 0.238. The average Bonchev–Trinajstić information content (AvgIpc) is 2.83. The number of benzene rings is 2. The normalized spacial score (nSPS) is 13.6. The first-order chi connectivity index (χ1) is 17.1. The third-order valence-electron chi connectivity index (χ3n) is 5.79. The van der Waals surface area contributed by atoms with Crippen LogP contribution < -0.4 is 10.1 Å². The summed E-state index contributed by atoms with van der Waals surface area (Å²) in [6.07, 6.45) is 0.251. The Bertz CT molecular complexity index is 1030.